The Morgan fingerprint density at radius 2 is 2.04 bits per heavy atom. The van der Waals surface area contributed by atoms with Gasteiger partial charge in [-0.2, -0.15) is 10.4 Å². The molecule has 1 aromatic heterocycles. The van der Waals surface area contributed by atoms with Crippen LogP contribution in [0.2, 0.25) is 0 Å². The normalized spacial score (nSPS) is 11.6. The highest BCUT2D eigenvalue weighted by Gasteiger charge is 2.20. The molecule has 1 atom stereocenters. The summed E-state index contributed by atoms with van der Waals surface area (Å²) in [7, 11) is 3.58. The Morgan fingerprint density at radius 1 is 1.23 bits per heavy atom. The summed E-state index contributed by atoms with van der Waals surface area (Å²) in [6.45, 7) is 2.77. The van der Waals surface area contributed by atoms with Crippen LogP contribution < -0.4 is 9.64 Å². The molecule has 3 rings (SSSR count). The lowest BCUT2D eigenvalue weighted by Gasteiger charge is -2.31. The molecule has 3 aromatic rings. The summed E-state index contributed by atoms with van der Waals surface area (Å²) in [5.74, 6) is 0.831. The molecule has 0 aliphatic rings. The van der Waals surface area contributed by atoms with Crippen molar-refractivity contribution in [1.82, 2.24) is 9.78 Å². The first-order valence-corrected chi connectivity index (χ1v) is 8.49. The Hall–Kier alpha value is -3.26. The van der Waals surface area contributed by atoms with Gasteiger partial charge >= 0.3 is 0 Å². The van der Waals surface area contributed by atoms with Crippen molar-refractivity contribution >= 4 is 5.69 Å². The predicted octanol–water partition coefficient (Wildman–Crippen LogP) is 4.07. The number of hydrogen-bond donors (Lipinski definition) is 0. The number of anilines is 1. The third-order valence-corrected chi connectivity index (χ3v) is 4.55. The number of nitrogens with zero attached hydrogens (tertiary/aromatic N) is 4. The second-order valence-electron chi connectivity index (χ2n) is 6.22. The number of hydrogen-bond acceptors (Lipinski definition) is 4. The minimum atomic E-state index is 0.0843. The molecule has 0 saturated carbocycles. The number of rotatable bonds is 6. The van der Waals surface area contributed by atoms with Gasteiger partial charge in [0.05, 0.1) is 36.7 Å². The smallest absolute Gasteiger partial charge is 0.119 e. The number of aryl methyl sites for hydroxylation is 1. The Morgan fingerprint density at radius 3 is 2.73 bits per heavy atom. The van der Waals surface area contributed by atoms with Gasteiger partial charge in [0.1, 0.15) is 5.75 Å². The lowest BCUT2D eigenvalue weighted by molar-refractivity contribution is 0.413. The minimum Gasteiger partial charge on any atom is -0.497 e. The zero-order valence-electron chi connectivity index (χ0n) is 15.3. The zero-order chi connectivity index (χ0) is 18.5. The van der Waals surface area contributed by atoms with Gasteiger partial charge in [-0.1, -0.05) is 30.3 Å². The van der Waals surface area contributed by atoms with E-state index in [1.165, 1.54) is 0 Å². The molecular formula is C21H22N4O. The summed E-state index contributed by atoms with van der Waals surface area (Å²) in [4.78, 5) is 2.25. The lowest BCUT2D eigenvalue weighted by atomic mass is 10.0. The Kier molecular flexibility index (Phi) is 5.23. The number of benzene rings is 2. The van der Waals surface area contributed by atoms with E-state index in [2.05, 4.69) is 29.1 Å². The van der Waals surface area contributed by atoms with Gasteiger partial charge in [-0.25, -0.2) is 0 Å². The van der Waals surface area contributed by atoms with Crippen molar-refractivity contribution in [1.29, 1.82) is 5.26 Å². The molecule has 2 aromatic carbocycles. The van der Waals surface area contributed by atoms with Gasteiger partial charge < -0.3 is 9.64 Å². The lowest BCUT2D eigenvalue weighted by Crippen LogP contribution is -2.26. The van der Waals surface area contributed by atoms with Gasteiger partial charge in [-0.3, -0.25) is 4.68 Å². The Bertz CT molecular complexity index is 926. The van der Waals surface area contributed by atoms with E-state index in [1.54, 1.807) is 11.8 Å². The van der Waals surface area contributed by atoms with E-state index in [1.807, 2.05) is 61.9 Å². The van der Waals surface area contributed by atoms with Crippen LogP contribution in [-0.2, 0) is 13.6 Å². The highest BCUT2D eigenvalue weighted by Crippen LogP contribution is 2.30. The number of ether oxygens (including phenoxy) is 1. The van der Waals surface area contributed by atoms with Crippen LogP contribution in [0.5, 0.6) is 5.75 Å². The summed E-state index contributed by atoms with van der Waals surface area (Å²) < 4.78 is 7.16. The quantitative estimate of drug-likeness (QED) is 0.675. The fourth-order valence-electron chi connectivity index (χ4n) is 3.04. The van der Waals surface area contributed by atoms with Gasteiger partial charge in [-0.05, 0) is 36.2 Å². The van der Waals surface area contributed by atoms with Crippen LogP contribution in [0.3, 0.4) is 0 Å². The molecule has 132 valence electrons. The van der Waals surface area contributed by atoms with Crippen molar-refractivity contribution in [2.45, 2.75) is 19.5 Å². The molecule has 0 unspecified atom stereocenters. The molecule has 0 fully saturated rings. The Labute approximate surface area is 154 Å². The summed E-state index contributed by atoms with van der Waals surface area (Å²) in [6.07, 6.45) is 3.84. The molecule has 5 heteroatoms. The maximum Gasteiger partial charge on any atom is 0.119 e. The molecule has 0 bridgehead atoms. The molecule has 1 heterocycles. The first-order valence-electron chi connectivity index (χ1n) is 8.49. The number of methoxy groups -OCH3 is 1. The van der Waals surface area contributed by atoms with Crippen molar-refractivity contribution in [3.63, 3.8) is 0 Å². The van der Waals surface area contributed by atoms with Crippen molar-refractivity contribution in [2.24, 2.45) is 7.05 Å². The van der Waals surface area contributed by atoms with Crippen LogP contribution in [0.4, 0.5) is 5.69 Å². The minimum absolute atomic E-state index is 0.0843. The van der Waals surface area contributed by atoms with Crippen molar-refractivity contribution in [3.8, 4) is 11.8 Å². The third-order valence-electron chi connectivity index (χ3n) is 4.55. The summed E-state index contributed by atoms with van der Waals surface area (Å²) >= 11 is 0. The number of aromatic nitrogens is 2. The molecule has 0 aliphatic carbocycles. The molecule has 0 aliphatic heterocycles. The van der Waals surface area contributed by atoms with E-state index in [9.17, 15) is 5.26 Å². The van der Waals surface area contributed by atoms with Crippen LogP contribution in [-0.4, -0.2) is 16.9 Å². The monoisotopic (exact) mass is 346 g/mol. The molecular weight excluding hydrogens is 324 g/mol. The highest BCUT2D eigenvalue weighted by molar-refractivity contribution is 5.49. The standard InChI is InChI=1S/C21H22N4O/c1-16(17-9-6-10-21(11-17)26-3)25(20-13-23-24(2)15-20)14-19-8-5-4-7-18(19)12-22/h4-11,13,15-16H,14H2,1-3H3/t16-/m1/s1. The summed E-state index contributed by atoms with van der Waals surface area (Å²) in [5.41, 5.74) is 3.84. The van der Waals surface area contributed by atoms with Crippen molar-refractivity contribution in [3.05, 3.63) is 77.6 Å². The van der Waals surface area contributed by atoms with Gasteiger partial charge in [0.2, 0.25) is 0 Å². The fraction of sp³-hybridized carbons (Fsp3) is 0.238. The SMILES string of the molecule is COc1cccc([C@@H](C)N(Cc2ccccc2C#N)c2cnn(C)c2)c1. The first kappa shape index (κ1) is 17.6. The van der Waals surface area contributed by atoms with Gasteiger partial charge in [0, 0.05) is 19.8 Å². The summed E-state index contributed by atoms with van der Waals surface area (Å²) in [6, 6.07) is 18.2. The van der Waals surface area contributed by atoms with E-state index in [4.69, 9.17) is 4.74 Å². The predicted molar refractivity (Wildman–Crippen MR) is 102 cm³/mol. The van der Waals surface area contributed by atoms with Crippen LogP contribution in [0, 0.1) is 11.3 Å². The Balaban J connectivity index is 1.99. The van der Waals surface area contributed by atoms with Crippen LogP contribution in [0.25, 0.3) is 0 Å². The molecule has 0 radical (unpaired) electrons. The average Bonchev–Trinajstić information content (AvgIpc) is 3.11. The average molecular weight is 346 g/mol. The van der Waals surface area contributed by atoms with E-state index in [-0.39, 0.29) is 6.04 Å². The summed E-state index contributed by atoms with van der Waals surface area (Å²) in [5, 5.41) is 13.7. The van der Waals surface area contributed by atoms with Gasteiger partial charge in [0.25, 0.3) is 0 Å². The van der Waals surface area contributed by atoms with E-state index >= 15 is 0 Å². The second-order valence-corrected chi connectivity index (χ2v) is 6.22. The van der Waals surface area contributed by atoms with E-state index in [0.717, 1.165) is 22.6 Å². The number of nitriles is 1. The fourth-order valence-corrected chi connectivity index (χ4v) is 3.04. The van der Waals surface area contributed by atoms with Crippen LogP contribution in [0.1, 0.15) is 29.7 Å². The molecule has 5 nitrogen and oxygen atoms in total. The topological polar surface area (TPSA) is 54.1 Å². The van der Waals surface area contributed by atoms with E-state index in [0.29, 0.717) is 12.1 Å². The van der Waals surface area contributed by atoms with E-state index < -0.39 is 0 Å². The largest absolute Gasteiger partial charge is 0.497 e. The maximum absolute atomic E-state index is 9.43. The highest BCUT2D eigenvalue weighted by atomic mass is 16.5. The zero-order valence-corrected chi connectivity index (χ0v) is 15.3. The maximum atomic E-state index is 9.43. The molecule has 0 spiro atoms. The molecule has 0 amide bonds. The second kappa shape index (κ2) is 7.75. The first-order chi connectivity index (χ1) is 12.6. The molecule has 26 heavy (non-hydrogen) atoms. The molecule has 0 N–H and O–H groups in total. The van der Waals surface area contributed by atoms with Crippen molar-refractivity contribution < 1.29 is 4.74 Å². The van der Waals surface area contributed by atoms with Crippen LogP contribution in [0.15, 0.2) is 60.9 Å². The van der Waals surface area contributed by atoms with Gasteiger partial charge in [-0.15, -0.1) is 0 Å². The third kappa shape index (κ3) is 3.70. The van der Waals surface area contributed by atoms with Gasteiger partial charge in [0.15, 0.2) is 0 Å². The molecule has 0 saturated heterocycles. The van der Waals surface area contributed by atoms with Crippen LogP contribution >= 0.6 is 0 Å². The van der Waals surface area contributed by atoms with Crippen molar-refractivity contribution in [2.75, 3.05) is 12.0 Å².